The first kappa shape index (κ1) is 12.9. The number of carboxylic acid groups (broad SMARTS) is 1. The van der Waals surface area contributed by atoms with Crippen LogP contribution < -0.4 is 0 Å². The zero-order chi connectivity index (χ0) is 13.4. The van der Waals surface area contributed by atoms with Gasteiger partial charge in [0.05, 0.1) is 5.92 Å². The number of hydrogen-bond donors (Lipinski definition) is 1. The summed E-state index contributed by atoms with van der Waals surface area (Å²) < 4.78 is 0. The van der Waals surface area contributed by atoms with Gasteiger partial charge in [-0.25, -0.2) is 0 Å². The van der Waals surface area contributed by atoms with Gasteiger partial charge in [-0.05, 0) is 32.1 Å². The molecule has 0 aromatic carbocycles. The van der Waals surface area contributed by atoms with Gasteiger partial charge in [-0.1, -0.05) is 0 Å². The van der Waals surface area contributed by atoms with Gasteiger partial charge < -0.3 is 10.0 Å². The standard InChI is InChI=1S/C14H22N2O3/c17-13(10-1-2-11(9-10)14(18)19)16-7-5-15(6-8-16)12-3-4-12/h10-12H,1-9H2,(H,18,19). The molecule has 5 nitrogen and oxygen atoms in total. The van der Waals surface area contributed by atoms with Gasteiger partial charge in [0.1, 0.15) is 0 Å². The average molecular weight is 266 g/mol. The third kappa shape index (κ3) is 2.76. The van der Waals surface area contributed by atoms with E-state index in [1.807, 2.05) is 4.90 Å². The highest BCUT2D eigenvalue weighted by Gasteiger charge is 2.38. The maximum absolute atomic E-state index is 12.4. The Bertz CT molecular complexity index is 373. The Morgan fingerprint density at radius 3 is 2.05 bits per heavy atom. The van der Waals surface area contributed by atoms with E-state index in [-0.39, 0.29) is 17.7 Å². The Kier molecular flexibility index (Phi) is 3.48. The van der Waals surface area contributed by atoms with E-state index in [2.05, 4.69) is 4.90 Å². The van der Waals surface area contributed by atoms with Crippen molar-refractivity contribution in [1.82, 2.24) is 9.80 Å². The summed E-state index contributed by atoms with van der Waals surface area (Å²) in [5.41, 5.74) is 0. The molecule has 106 valence electrons. The highest BCUT2D eigenvalue weighted by Crippen LogP contribution is 2.33. The number of rotatable bonds is 3. The lowest BCUT2D eigenvalue weighted by molar-refractivity contribution is -0.142. The molecule has 1 saturated heterocycles. The number of carbonyl (C=O) groups excluding carboxylic acids is 1. The van der Waals surface area contributed by atoms with Crippen LogP contribution in [0.3, 0.4) is 0 Å². The van der Waals surface area contributed by atoms with E-state index in [1.165, 1.54) is 12.8 Å². The molecular formula is C14H22N2O3. The first-order valence-corrected chi connectivity index (χ1v) is 7.41. The van der Waals surface area contributed by atoms with Gasteiger partial charge in [0, 0.05) is 38.1 Å². The number of piperazine rings is 1. The average Bonchev–Trinajstić information content (AvgIpc) is 3.14. The fourth-order valence-electron chi connectivity index (χ4n) is 3.44. The molecule has 0 radical (unpaired) electrons. The lowest BCUT2D eigenvalue weighted by atomic mass is 10.0. The Balaban J connectivity index is 1.49. The van der Waals surface area contributed by atoms with Gasteiger partial charge >= 0.3 is 5.97 Å². The van der Waals surface area contributed by atoms with Crippen molar-refractivity contribution in [2.75, 3.05) is 26.2 Å². The summed E-state index contributed by atoms with van der Waals surface area (Å²) >= 11 is 0. The predicted octanol–water partition coefficient (Wildman–Crippen LogP) is 0.794. The predicted molar refractivity (Wildman–Crippen MR) is 69.6 cm³/mol. The second kappa shape index (κ2) is 5.12. The summed E-state index contributed by atoms with van der Waals surface area (Å²) in [6, 6.07) is 0.778. The summed E-state index contributed by atoms with van der Waals surface area (Å²) in [7, 11) is 0. The fraction of sp³-hybridized carbons (Fsp3) is 0.857. The third-order valence-electron chi connectivity index (χ3n) is 4.82. The summed E-state index contributed by atoms with van der Waals surface area (Å²) in [6.45, 7) is 3.63. The van der Waals surface area contributed by atoms with Crippen molar-refractivity contribution >= 4 is 11.9 Å². The summed E-state index contributed by atoms with van der Waals surface area (Å²) in [6.07, 6.45) is 4.58. The van der Waals surface area contributed by atoms with Crippen LogP contribution in [0.15, 0.2) is 0 Å². The molecule has 19 heavy (non-hydrogen) atoms. The molecule has 1 heterocycles. The SMILES string of the molecule is O=C(O)C1CCC(C(=O)N2CCN(C3CC3)CC2)C1. The number of nitrogens with zero attached hydrogens (tertiary/aromatic N) is 2. The molecule has 3 rings (SSSR count). The van der Waals surface area contributed by atoms with Crippen LogP contribution in [0.4, 0.5) is 0 Å². The van der Waals surface area contributed by atoms with Crippen molar-refractivity contribution < 1.29 is 14.7 Å². The molecule has 3 fully saturated rings. The number of amides is 1. The van der Waals surface area contributed by atoms with Gasteiger partial charge in [-0.15, -0.1) is 0 Å². The minimum Gasteiger partial charge on any atom is -0.481 e. The van der Waals surface area contributed by atoms with Gasteiger partial charge in [0.2, 0.25) is 5.91 Å². The molecule has 0 spiro atoms. The van der Waals surface area contributed by atoms with Crippen molar-refractivity contribution in [3.8, 4) is 0 Å². The second-order valence-corrected chi connectivity index (χ2v) is 6.14. The molecule has 1 amide bonds. The van der Waals surface area contributed by atoms with Crippen molar-refractivity contribution in [3.63, 3.8) is 0 Å². The van der Waals surface area contributed by atoms with Crippen molar-refractivity contribution in [2.24, 2.45) is 11.8 Å². The van der Waals surface area contributed by atoms with Crippen LogP contribution in [0.1, 0.15) is 32.1 Å². The van der Waals surface area contributed by atoms with Crippen LogP contribution in [0, 0.1) is 11.8 Å². The molecule has 1 aliphatic heterocycles. The molecule has 1 N–H and O–H groups in total. The van der Waals surface area contributed by atoms with Crippen molar-refractivity contribution in [1.29, 1.82) is 0 Å². The first-order valence-electron chi connectivity index (χ1n) is 7.41. The molecular weight excluding hydrogens is 244 g/mol. The minimum absolute atomic E-state index is 0.0476. The Labute approximate surface area is 113 Å². The summed E-state index contributed by atoms with van der Waals surface area (Å²) in [4.78, 5) is 27.8. The Hall–Kier alpha value is -1.10. The van der Waals surface area contributed by atoms with Crippen LogP contribution in [0.5, 0.6) is 0 Å². The van der Waals surface area contributed by atoms with Gasteiger partial charge in [0.15, 0.2) is 0 Å². The highest BCUT2D eigenvalue weighted by atomic mass is 16.4. The normalized spacial score (nSPS) is 32.5. The fourth-order valence-corrected chi connectivity index (χ4v) is 3.44. The van der Waals surface area contributed by atoms with E-state index in [0.717, 1.165) is 38.6 Å². The van der Waals surface area contributed by atoms with Crippen molar-refractivity contribution in [3.05, 3.63) is 0 Å². The van der Waals surface area contributed by atoms with Crippen LogP contribution in [0.25, 0.3) is 0 Å². The maximum atomic E-state index is 12.4. The van der Waals surface area contributed by atoms with Crippen LogP contribution in [-0.2, 0) is 9.59 Å². The topological polar surface area (TPSA) is 60.9 Å². The molecule has 5 heteroatoms. The zero-order valence-corrected chi connectivity index (χ0v) is 11.3. The number of carboxylic acids is 1. The van der Waals surface area contributed by atoms with E-state index in [9.17, 15) is 9.59 Å². The summed E-state index contributed by atoms with van der Waals surface area (Å²) in [5, 5.41) is 8.99. The van der Waals surface area contributed by atoms with E-state index in [0.29, 0.717) is 12.8 Å². The lowest BCUT2D eigenvalue weighted by Gasteiger charge is -2.36. The quantitative estimate of drug-likeness (QED) is 0.820. The molecule has 2 atom stereocenters. The largest absolute Gasteiger partial charge is 0.481 e. The molecule has 2 aliphatic carbocycles. The monoisotopic (exact) mass is 266 g/mol. The van der Waals surface area contributed by atoms with Gasteiger partial charge in [-0.3, -0.25) is 14.5 Å². The number of carbonyl (C=O) groups is 2. The number of aliphatic carboxylic acids is 1. The maximum Gasteiger partial charge on any atom is 0.306 e. The molecule has 0 bridgehead atoms. The third-order valence-corrected chi connectivity index (χ3v) is 4.82. The van der Waals surface area contributed by atoms with Gasteiger partial charge in [0.25, 0.3) is 0 Å². The smallest absolute Gasteiger partial charge is 0.306 e. The van der Waals surface area contributed by atoms with E-state index in [4.69, 9.17) is 5.11 Å². The van der Waals surface area contributed by atoms with E-state index >= 15 is 0 Å². The Morgan fingerprint density at radius 1 is 0.895 bits per heavy atom. The van der Waals surface area contributed by atoms with E-state index in [1.54, 1.807) is 0 Å². The molecule has 3 aliphatic rings. The Morgan fingerprint density at radius 2 is 1.53 bits per heavy atom. The molecule has 0 aromatic rings. The minimum atomic E-state index is -0.742. The van der Waals surface area contributed by atoms with Crippen molar-refractivity contribution in [2.45, 2.75) is 38.1 Å². The molecule has 0 aromatic heterocycles. The molecule has 2 unspecified atom stereocenters. The number of hydrogen-bond acceptors (Lipinski definition) is 3. The highest BCUT2D eigenvalue weighted by molar-refractivity contribution is 5.81. The lowest BCUT2D eigenvalue weighted by Crippen LogP contribution is -2.50. The van der Waals surface area contributed by atoms with Crippen LogP contribution >= 0.6 is 0 Å². The first-order chi connectivity index (χ1) is 9.15. The van der Waals surface area contributed by atoms with Crippen LogP contribution in [0.2, 0.25) is 0 Å². The molecule has 2 saturated carbocycles. The van der Waals surface area contributed by atoms with E-state index < -0.39 is 5.97 Å². The zero-order valence-electron chi connectivity index (χ0n) is 11.3. The summed E-state index contributed by atoms with van der Waals surface area (Å²) in [5.74, 6) is -0.900. The van der Waals surface area contributed by atoms with Crippen LogP contribution in [-0.4, -0.2) is 59.0 Å². The second-order valence-electron chi connectivity index (χ2n) is 6.14. The van der Waals surface area contributed by atoms with Gasteiger partial charge in [-0.2, -0.15) is 0 Å².